The van der Waals surface area contributed by atoms with Crippen molar-refractivity contribution < 1.29 is 31.5 Å². The van der Waals surface area contributed by atoms with Gasteiger partial charge in [0.2, 0.25) is 5.95 Å². The van der Waals surface area contributed by atoms with Gasteiger partial charge in [0.25, 0.3) is 0 Å². The second-order valence-electron chi connectivity index (χ2n) is 8.62. The highest BCUT2D eigenvalue weighted by molar-refractivity contribution is 5.90. The van der Waals surface area contributed by atoms with Crippen molar-refractivity contribution in [1.29, 1.82) is 0 Å². The summed E-state index contributed by atoms with van der Waals surface area (Å²) in [6.45, 7) is 0.983. The van der Waals surface area contributed by atoms with Crippen LogP contribution in [0.2, 0.25) is 0 Å². The summed E-state index contributed by atoms with van der Waals surface area (Å²) in [4.78, 5) is 24.1. The topological polar surface area (TPSA) is 102 Å². The zero-order valence-electron chi connectivity index (χ0n) is 18.7. The van der Waals surface area contributed by atoms with Crippen LogP contribution in [0.4, 0.5) is 44.2 Å². The van der Waals surface area contributed by atoms with Crippen LogP contribution in [0, 0.1) is 11.6 Å². The maximum absolute atomic E-state index is 13.9. The second-order valence-corrected chi connectivity index (χ2v) is 8.62. The van der Waals surface area contributed by atoms with E-state index in [0.29, 0.717) is 44.4 Å². The molecule has 2 aromatic heterocycles. The Morgan fingerprint density at radius 2 is 1.72 bits per heavy atom. The molecule has 2 aliphatic rings. The van der Waals surface area contributed by atoms with Gasteiger partial charge >= 0.3 is 12.3 Å². The van der Waals surface area contributed by atoms with Gasteiger partial charge in [-0.15, -0.1) is 0 Å². The van der Waals surface area contributed by atoms with Crippen LogP contribution in [0.5, 0.6) is 0 Å². The van der Waals surface area contributed by atoms with Gasteiger partial charge < -0.3 is 15.4 Å². The van der Waals surface area contributed by atoms with Crippen LogP contribution in [0.3, 0.4) is 0 Å². The van der Waals surface area contributed by atoms with Crippen molar-refractivity contribution in [1.82, 2.24) is 19.7 Å². The molecule has 190 valence electrons. The monoisotopic (exact) mass is 509 g/mol. The lowest BCUT2D eigenvalue weighted by Gasteiger charge is -2.50. The molecular weight excluding hydrogens is 489 g/mol. The Hall–Kier alpha value is -3.97. The van der Waals surface area contributed by atoms with Gasteiger partial charge in [0.1, 0.15) is 5.82 Å². The van der Waals surface area contributed by atoms with Crippen LogP contribution >= 0.6 is 0 Å². The summed E-state index contributed by atoms with van der Waals surface area (Å²) in [6.07, 6.45) is -2.33. The summed E-state index contributed by atoms with van der Waals surface area (Å²) < 4.78 is 72.5. The molecule has 36 heavy (non-hydrogen) atoms. The smallest absolute Gasteiger partial charge is 0.419 e. The molecule has 0 atom stereocenters. The first kappa shape index (κ1) is 23.8. The number of hydrogen-bond donors (Lipinski definition) is 1. The number of rotatable bonds is 3. The lowest BCUT2D eigenvalue weighted by molar-refractivity contribution is -0.137. The number of alkyl halides is 3. The average Bonchev–Trinajstić information content (AvgIpc) is 3.33. The van der Waals surface area contributed by atoms with E-state index in [0.717, 1.165) is 23.0 Å². The number of aromatic nitrogens is 4. The molecule has 1 spiro atoms. The molecule has 1 aromatic carbocycles. The standard InChI is InChI=1S/C22H20F5N7O2/c23-15-2-1-14(9-16(15)24)34-20(35)36-8-5-21(34)3-6-32(7-4-21)17-10-18(31-19(28)30-17)33-12-13(11-29-33)22(25,26)27/h1-2,9-12H,3-8H2,(H2,28,30,31). The number of ether oxygens (including phenoxy) is 1. The fourth-order valence-electron chi connectivity index (χ4n) is 4.64. The SMILES string of the molecule is Nc1nc(N2CCC3(CCOC(=O)N3c3ccc(F)c(F)c3)CC2)cc(-n2cc(C(F)(F)F)cn2)n1. The summed E-state index contributed by atoms with van der Waals surface area (Å²) in [5, 5.41) is 3.73. The van der Waals surface area contributed by atoms with Crippen LogP contribution in [0.1, 0.15) is 24.8 Å². The van der Waals surface area contributed by atoms with Crippen LogP contribution in [-0.4, -0.2) is 51.1 Å². The number of nitrogen functional groups attached to an aromatic ring is 1. The van der Waals surface area contributed by atoms with Crippen molar-refractivity contribution >= 4 is 23.5 Å². The molecule has 0 unspecified atom stereocenters. The van der Waals surface area contributed by atoms with E-state index >= 15 is 0 Å². The predicted molar refractivity (Wildman–Crippen MR) is 118 cm³/mol. The number of hydrogen-bond acceptors (Lipinski definition) is 7. The minimum Gasteiger partial charge on any atom is -0.449 e. The first-order valence-electron chi connectivity index (χ1n) is 11.0. The number of carbonyl (C=O) groups excluding carboxylic acids is 1. The van der Waals surface area contributed by atoms with E-state index in [9.17, 15) is 26.7 Å². The highest BCUT2D eigenvalue weighted by atomic mass is 19.4. The van der Waals surface area contributed by atoms with Crippen molar-refractivity contribution in [2.75, 3.05) is 35.2 Å². The number of amides is 1. The third kappa shape index (κ3) is 4.27. The fraction of sp³-hybridized carbons (Fsp3) is 0.364. The molecule has 0 bridgehead atoms. The van der Waals surface area contributed by atoms with Gasteiger partial charge in [-0.1, -0.05) is 0 Å². The molecule has 0 radical (unpaired) electrons. The Bertz CT molecular complexity index is 1300. The summed E-state index contributed by atoms with van der Waals surface area (Å²) in [6, 6.07) is 4.73. The third-order valence-corrected chi connectivity index (χ3v) is 6.49. The molecule has 9 nitrogen and oxygen atoms in total. The summed E-state index contributed by atoms with van der Waals surface area (Å²) in [5.41, 5.74) is 4.40. The number of benzene rings is 1. The van der Waals surface area contributed by atoms with Gasteiger partial charge in [0.15, 0.2) is 17.5 Å². The average molecular weight is 509 g/mol. The lowest BCUT2D eigenvalue weighted by atomic mass is 9.81. The van der Waals surface area contributed by atoms with Crippen molar-refractivity contribution in [2.24, 2.45) is 0 Å². The molecule has 2 fully saturated rings. The molecule has 2 N–H and O–H groups in total. The highest BCUT2D eigenvalue weighted by Gasteiger charge is 2.47. The third-order valence-electron chi connectivity index (χ3n) is 6.49. The van der Waals surface area contributed by atoms with Crippen LogP contribution < -0.4 is 15.5 Å². The molecule has 1 amide bonds. The predicted octanol–water partition coefficient (Wildman–Crippen LogP) is 3.93. The number of nitrogens with two attached hydrogens (primary N) is 1. The molecule has 4 heterocycles. The Balaban J connectivity index is 1.39. The Morgan fingerprint density at radius 3 is 2.39 bits per heavy atom. The zero-order valence-corrected chi connectivity index (χ0v) is 18.7. The molecule has 0 saturated carbocycles. The first-order chi connectivity index (χ1) is 17.1. The van der Waals surface area contributed by atoms with E-state index in [2.05, 4.69) is 15.1 Å². The van der Waals surface area contributed by atoms with Gasteiger partial charge in [0, 0.05) is 37.8 Å². The normalized spacial score (nSPS) is 18.0. The maximum Gasteiger partial charge on any atom is 0.419 e. The van der Waals surface area contributed by atoms with Crippen LogP contribution in [-0.2, 0) is 10.9 Å². The van der Waals surface area contributed by atoms with Gasteiger partial charge in [-0.2, -0.15) is 28.2 Å². The Labute approximate surface area is 201 Å². The molecular formula is C22H20F5N7O2. The van der Waals surface area contributed by atoms with Gasteiger partial charge in [-0.25, -0.2) is 18.3 Å². The van der Waals surface area contributed by atoms with Crippen molar-refractivity contribution in [3.05, 3.63) is 53.9 Å². The van der Waals surface area contributed by atoms with Gasteiger partial charge in [0.05, 0.1) is 29.6 Å². The number of piperidine rings is 1. The lowest BCUT2D eigenvalue weighted by Crippen LogP contribution is -2.61. The first-order valence-corrected chi connectivity index (χ1v) is 11.0. The van der Waals surface area contributed by atoms with Gasteiger partial charge in [-0.3, -0.25) is 4.90 Å². The van der Waals surface area contributed by atoms with Crippen molar-refractivity contribution in [3.63, 3.8) is 0 Å². The van der Waals surface area contributed by atoms with E-state index in [4.69, 9.17) is 10.5 Å². The van der Waals surface area contributed by atoms with Gasteiger partial charge in [-0.05, 0) is 25.0 Å². The number of halogens is 5. The van der Waals surface area contributed by atoms with E-state index in [1.54, 1.807) is 0 Å². The molecule has 3 aromatic rings. The summed E-state index contributed by atoms with van der Waals surface area (Å²) >= 11 is 0. The minimum absolute atomic E-state index is 0.0675. The van der Waals surface area contributed by atoms with Crippen molar-refractivity contribution in [3.8, 4) is 5.82 Å². The second kappa shape index (κ2) is 8.60. The molecule has 5 rings (SSSR count). The fourth-order valence-corrected chi connectivity index (χ4v) is 4.64. The molecule has 0 aliphatic carbocycles. The molecule has 2 saturated heterocycles. The maximum atomic E-state index is 13.9. The van der Waals surface area contributed by atoms with Crippen molar-refractivity contribution in [2.45, 2.75) is 31.0 Å². The summed E-state index contributed by atoms with van der Waals surface area (Å²) in [7, 11) is 0. The highest BCUT2D eigenvalue weighted by Crippen LogP contribution is 2.40. The number of carbonyl (C=O) groups is 1. The zero-order chi connectivity index (χ0) is 25.7. The van der Waals surface area contributed by atoms with E-state index in [-0.39, 0.29) is 24.1 Å². The number of anilines is 3. The Morgan fingerprint density at radius 1 is 1.00 bits per heavy atom. The van der Waals surface area contributed by atoms with Crippen LogP contribution in [0.25, 0.3) is 5.82 Å². The van der Waals surface area contributed by atoms with Crippen LogP contribution in [0.15, 0.2) is 36.7 Å². The quantitative estimate of drug-likeness (QED) is 0.534. The van der Waals surface area contributed by atoms with E-state index in [1.807, 2.05) is 4.90 Å². The molecule has 2 aliphatic heterocycles. The number of nitrogens with zero attached hydrogens (tertiary/aromatic N) is 6. The summed E-state index contributed by atoms with van der Waals surface area (Å²) in [5.74, 6) is -1.79. The number of cyclic esters (lactones) is 1. The minimum atomic E-state index is -4.55. The van der Waals surface area contributed by atoms with E-state index in [1.165, 1.54) is 17.0 Å². The largest absolute Gasteiger partial charge is 0.449 e. The Kier molecular flexibility index (Phi) is 5.68. The van der Waals surface area contributed by atoms with E-state index < -0.39 is 35.0 Å². The molecule has 14 heteroatoms.